The molecule has 0 radical (unpaired) electrons. The van der Waals surface area contributed by atoms with Crippen LogP contribution in [0.5, 0.6) is 11.5 Å². The Labute approximate surface area is 176 Å². The number of rotatable bonds is 9. The molecule has 0 heterocycles. The van der Waals surface area contributed by atoms with Gasteiger partial charge in [0, 0.05) is 30.5 Å². The standard InChI is InChI=1S/C20H27N3O6S/c1-5-23(10-11-24)15-6-8-17(14(2)12-15)21-20(25)22-30(26,27)19-13-16(28-3)7-9-18(19)29-4/h6-9,12-13,24H,5,10-11H2,1-4H3,(H2,21,22,25). The summed E-state index contributed by atoms with van der Waals surface area (Å²) in [6.07, 6.45) is 0. The summed E-state index contributed by atoms with van der Waals surface area (Å²) in [7, 11) is -1.46. The molecule has 0 saturated carbocycles. The molecule has 0 aliphatic heterocycles. The molecule has 10 heteroatoms. The van der Waals surface area contributed by atoms with Gasteiger partial charge < -0.3 is 24.8 Å². The molecule has 0 aliphatic carbocycles. The summed E-state index contributed by atoms with van der Waals surface area (Å²) in [5, 5.41) is 11.7. The van der Waals surface area contributed by atoms with Crippen LogP contribution in [0, 0.1) is 6.92 Å². The second-order valence-electron chi connectivity index (χ2n) is 6.38. The smallest absolute Gasteiger partial charge is 0.333 e. The van der Waals surface area contributed by atoms with E-state index in [1.807, 2.05) is 22.6 Å². The number of aliphatic hydroxyl groups is 1. The van der Waals surface area contributed by atoms with Crippen LogP contribution in [-0.4, -0.2) is 53.5 Å². The van der Waals surface area contributed by atoms with Crippen LogP contribution in [0.15, 0.2) is 41.3 Å². The molecular weight excluding hydrogens is 410 g/mol. The number of methoxy groups -OCH3 is 2. The number of amides is 2. The lowest BCUT2D eigenvalue weighted by atomic mass is 10.1. The van der Waals surface area contributed by atoms with Crippen LogP contribution in [-0.2, 0) is 10.0 Å². The SMILES string of the molecule is CCN(CCO)c1ccc(NC(=O)NS(=O)(=O)c2cc(OC)ccc2OC)c(C)c1. The minimum Gasteiger partial charge on any atom is -0.497 e. The number of benzene rings is 2. The third-order valence-corrected chi connectivity index (χ3v) is 5.81. The molecule has 2 amide bonds. The number of carbonyl (C=O) groups is 1. The molecule has 0 fully saturated rings. The van der Waals surface area contributed by atoms with Gasteiger partial charge in [0.1, 0.15) is 16.4 Å². The van der Waals surface area contributed by atoms with Gasteiger partial charge in [-0.05, 0) is 49.7 Å². The summed E-state index contributed by atoms with van der Waals surface area (Å²) in [6.45, 7) is 5.01. The summed E-state index contributed by atoms with van der Waals surface area (Å²) in [6, 6.07) is 8.70. The molecule has 2 aromatic rings. The van der Waals surface area contributed by atoms with Crippen LogP contribution >= 0.6 is 0 Å². The fourth-order valence-corrected chi connectivity index (χ4v) is 3.99. The van der Waals surface area contributed by atoms with E-state index in [9.17, 15) is 13.2 Å². The average molecular weight is 438 g/mol. The molecule has 0 aliphatic rings. The Kier molecular flexibility index (Phi) is 7.90. The van der Waals surface area contributed by atoms with Gasteiger partial charge in [0.25, 0.3) is 10.0 Å². The second-order valence-corrected chi connectivity index (χ2v) is 8.03. The van der Waals surface area contributed by atoms with Crippen molar-refractivity contribution in [2.75, 3.05) is 44.1 Å². The summed E-state index contributed by atoms with van der Waals surface area (Å²) < 4.78 is 37.5. The number of hydrogen-bond donors (Lipinski definition) is 3. The Hall–Kier alpha value is -2.98. The molecule has 9 nitrogen and oxygen atoms in total. The van der Waals surface area contributed by atoms with Crippen LogP contribution in [0.2, 0.25) is 0 Å². The highest BCUT2D eigenvalue weighted by atomic mass is 32.2. The van der Waals surface area contributed by atoms with Crippen molar-refractivity contribution >= 4 is 27.4 Å². The molecular formula is C20H27N3O6S. The number of anilines is 2. The zero-order chi connectivity index (χ0) is 22.3. The number of hydrogen-bond acceptors (Lipinski definition) is 7. The summed E-state index contributed by atoms with van der Waals surface area (Å²) in [5.41, 5.74) is 2.10. The minimum absolute atomic E-state index is 0.0287. The van der Waals surface area contributed by atoms with Crippen LogP contribution < -0.4 is 24.4 Å². The van der Waals surface area contributed by atoms with Crippen LogP contribution in [0.1, 0.15) is 12.5 Å². The quantitative estimate of drug-likeness (QED) is 0.551. The van der Waals surface area contributed by atoms with Crippen molar-refractivity contribution in [2.45, 2.75) is 18.7 Å². The molecule has 164 valence electrons. The topological polar surface area (TPSA) is 117 Å². The minimum atomic E-state index is -4.20. The van der Waals surface area contributed by atoms with E-state index in [4.69, 9.17) is 14.6 Å². The zero-order valence-electron chi connectivity index (χ0n) is 17.4. The highest BCUT2D eigenvalue weighted by Crippen LogP contribution is 2.28. The number of aryl methyl sites for hydroxylation is 1. The fourth-order valence-electron chi connectivity index (χ4n) is 2.89. The first-order valence-electron chi connectivity index (χ1n) is 9.28. The third kappa shape index (κ3) is 5.55. The van der Waals surface area contributed by atoms with Gasteiger partial charge in [-0.25, -0.2) is 17.9 Å². The number of nitrogens with one attached hydrogen (secondary N) is 2. The summed E-state index contributed by atoms with van der Waals surface area (Å²) in [4.78, 5) is 14.1. The van der Waals surface area contributed by atoms with Crippen LogP contribution in [0.25, 0.3) is 0 Å². The zero-order valence-corrected chi connectivity index (χ0v) is 18.2. The predicted molar refractivity (Wildman–Crippen MR) is 115 cm³/mol. The van der Waals surface area contributed by atoms with Gasteiger partial charge in [-0.1, -0.05) is 0 Å². The number of aliphatic hydroxyl groups excluding tert-OH is 1. The molecule has 30 heavy (non-hydrogen) atoms. The lowest BCUT2D eigenvalue weighted by molar-refractivity contribution is 0.256. The van der Waals surface area contributed by atoms with Crippen molar-refractivity contribution in [2.24, 2.45) is 0 Å². The molecule has 0 bridgehead atoms. The Balaban J connectivity index is 2.19. The third-order valence-electron chi connectivity index (χ3n) is 4.46. The molecule has 2 rings (SSSR count). The van der Waals surface area contributed by atoms with Gasteiger partial charge in [0.2, 0.25) is 0 Å². The van der Waals surface area contributed by atoms with E-state index in [0.717, 1.165) is 11.3 Å². The van der Waals surface area contributed by atoms with Crippen molar-refractivity contribution in [3.8, 4) is 11.5 Å². The Morgan fingerprint density at radius 3 is 2.43 bits per heavy atom. The monoisotopic (exact) mass is 437 g/mol. The maximum absolute atomic E-state index is 12.7. The van der Waals surface area contributed by atoms with E-state index in [0.29, 0.717) is 24.5 Å². The number of sulfonamides is 1. The van der Waals surface area contributed by atoms with Gasteiger partial charge in [0.15, 0.2) is 0 Å². The van der Waals surface area contributed by atoms with E-state index < -0.39 is 16.1 Å². The van der Waals surface area contributed by atoms with Crippen molar-refractivity contribution < 1.29 is 27.8 Å². The van der Waals surface area contributed by atoms with Gasteiger partial charge in [0.05, 0.1) is 20.8 Å². The normalized spacial score (nSPS) is 11.0. The van der Waals surface area contributed by atoms with E-state index in [-0.39, 0.29) is 17.3 Å². The molecule has 3 N–H and O–H groups in total. The highest BCUT2D eigenvalue weighted by molar-refractivity contribution is 7.90. The maximum Gasteiger partial charge on any atom is 0.333 e. The van der Waals surface area contributed by atoms with E-state index in [1.54, 1.807) is 25.1 Å². The van der Waals surface area contributed by atoms with Crippen molar-refractivity contribution in [3.63, 3.8) is 0 Å². The average Bonchev–Trinajstić information content (AvgIpc) is 2.72. The lowest BCUT2D eigenvalue weighted by Gasteiger charge is -2.23. The first kappa shape index (κ1) is 23.3. The molecule has 0 aromatic heterocycles. The largest absolute Gasteiger partial charge is 0.497 e. The number of nitrogens with zero attached hydrogens (tertiary/aromatic N) is 1. The lowest BCUT2D eigenvalue weighted by Crippen LogP contribution is -2.34. The van der Waals surface area contributed by atoms with Crippen molar-refractivity contribution in [3.05, 3.63) is 42.0 Å². The van der Waals surface area contributed by atoms with Gasteiger partial charge in [-0.15, -0.1) is 0 Å². The Bertz CT molecular complexity index is 994. The van der Waals surface area contributed by atoms with Crippen molar-refractivity contribution in [1.82, 2.24) is 4.72 Å². The first-order chi connectivity index (χ1) is 14.2. The Morgan fingerprint density at radius 1 is 1.13 bits per heavy atom. The first-order valence-corrected chi connectivity index (χ1v) is 10.8. The van der Waals surface area contributed by atoms with Gasteiger partial charge in [-0.3, -0.25) is 0 Å². The number of ether oxygens (including phenoxy) is 2. The number of carbonyl (C=O) groups excluding carboxylic acids is 1. The Morgan fingerprint density at radius 2 is 1.87 bits per heavy atom. The van der Waals surface area contributed by atoms with Crippen LogP contribution in [0.4, 0.5) is 16.2 Å². The van der Waals surface area contributed by atoms with Crippen molar-refractivity contribution in [1.29, 1.82) is 0 Å². The van der Waals surface area contributed by atoms with E-state index >= 15 is 0 Å². The summed E-state index contributed by atoms with van der Waals surface area (Å²) in [5.74, 6) is 0.395. The number of likely N-dealkylation sites (N-methyl/N-ethyl adjacent to an activating group) is 1. The fraction of sp³-hybridized carbons (Fsp3) is 0.350. The number of urea groups is 1. The second kappa shape index (κ2) is 10.2. The predicted octanol–water partition coefficient (Wildman–Crippen LogP) is 2.34. The van der Waals surface area contributed by atoms with E-state index in [2.05, 4.69) is 5.32 Å². The summed E-state index contributed by atoms with van der Waals surface area (Å²) >= 11 is 0. The molecule has 0 atom stereocenters. The highest BCUT2D eigenvalue weighted by Gasteiger charge is 2.23. The maximum atomic E-state index is 12.7. The molecule has 2 aromatic carbocycles. The van der Waals surface area contributed by atoms with Gasteiger partial charge >= 0.3 is 6.03 Å². The van der Waals surface area contributed by atoms with Crippen LogP contribution in [0.3, 0.4) is 0 Å². The molecule has 0 spiro atoms. The molecule has 0 saturated heterocycles. The molecule has 0 unspecified atom stereocenters. The van der Waals surface area contributed by atoms with E-state index in [1.165, 1.54) is 26.4 Å². The van der Waals surface area contributed by atoms with Gasteiger partial charge in [-0.2, -0.15) is 0 Å².